The summed E-state index contributed by atoms with van der Waals surface area (Å²) in [6.07, 6.45) is 1.38. The molecule has 0 aromatic heterocycles. The lowest BCUT2D eigenvalue weighted by atomic mass is 10.1. The maximum Gasteiger partial charge on any atom is 0.341 e. The number of carbonyl (C=O) groups is 2. The van der Waals surface area contributed by atoms with Gasteiger partial charge in [0.05, 0.1) is 25.8 Å². The quantitative estimate of drug-likeness (QED) is 0.373. The SMILES string of the molecule is COc1ccc(CNC(=O)/C(C#N)=C/c2cc(Br)c(OCC(=O)O)c(OC)c2)c(OC)c1. The third-order valence-corrected chi connectivity index (χ3v) is 4.79. The zero-order valence-corrected chi connectivity index (χ0v) is 19.2. The molecule has 2 aromatic rings. The van der Waals surface area contributed by atoms with Crippen LogP contribution in [0.25, 0.3) is 6.08 Å². The minimum atomic E-state index is -1.14. The largest absolute Gasteiger partial charge is 0.497 e. The first-order chi connectivity index (χ1) is 15.3. The third-order valence-electron chi connectivity index (χ3n) is 4.20. The van der Waals surface area contributed by atoms with Crippen molar-refractivity contribution in [3.05, 3.63) is 51.5 Å². The molecule has 2 rings (SSSR count). The number of benzene rings is 2. The van der Waals surface area contributed by atoms with E-state index in [2.05, 4.69) is 21.2 Å². The standard InChI is InChI=1S/C22H21BrN2O7/c1-29-16-5-4-14(18(9-16)30-2)11-25-22(28)15(10-24)6-13-7-17(23)21(19(8-13)31-3)32-12-20(26)27/h4-9H,11-12H2,1-3H3,(H,25,28)(H,26,27)/b15-6+. The fourth-order valence-electron chi connectivity index (χ4n) is 2.68. The molecule has 0 aliphatic carbocycles. The van der Waals surface area contributed by atoms with E-state index in [0.29, 0.717) is 27.1 Å². The average molecular weight is 505 g/mol. The minimum absolute atomic E-state index is 0.134. The maximum atomic E-state index is 12.6. The number of ether oxygens (including phenoxy) is 4. The third kappa shape index (κ3) is 6.39. The zero-order chi connectivity index (χ0) is 23.7. The summed E-state index contributed by atoms with van der Waals surface area (Å²) >= 11 is 3.29. The van der Waals surface area contributed by atoms with Crippen molar-refractivity contribution in [3.63, 3.8) is 0 Å². The number of amides is 1. The van der Waals surface area contributed by atoms with Crippen molar-refractivity contribution in [3.8, 4) is 29.1 Å². The second-order valence-electron chi connectivity index (χ2n) is 6.25. The normalized spacial score (nSPS) is 10.7. The number of hydrogen-bond donors (Lipinski definition) is 2. The fraction of sp³-hybridized carbons (Fsp3) is 0.227. The summed E-state index contributed by atoms with van der Waals surface area (Å²) < 4.78 is 21.3. The molecule has 0 heterocycles. The Hall–Kier alpha value is -3.71. The van der Waals surface area contributed by atoms with E-state index in [0.717, 1.165) is 0 Å². The minimum Gasteiger partial charge on any atom is -0.497 e. The molecule has 2 aromatic carbocycles. The van der Waals surface area contributed by atoms with Crippen LogP contribution in [0.15, 0.2) is 40.4 Å². The van der Waals surface area contributed by atoms with Crippen molar-refractivity contribution in [1.29, 1.82) is 5.26 Å². The Morgan fingerprint density at radius 3 is 2.44 bits per heavy atom. The predicted molar refractivity (Wildman–Crippen MR) is 119 cm³/mol. The number of methoxy groups -OCH3 is 3. The Morgan fingerprint density at radius 1 is 1.12 bits per heavy atom. The van der Waals surface area contributed by atoms with E-state index >= 15 is 0 Å². The van der Waals surface area contributed by atoms with Crippen LogP contribution in [0.2, 0.25) is 0 Å². The van der Waals surface area contributed by atoms with Crippen LogP contribution < -0.4 is 24.3 Å². The number of aliphatic carboxylic acids is 1. The maximum absolute atomic E-state index is 12.6. The molecule has 0 saturated heterocycles. The van der Waals surface area contributed by atoms with Gasteiger partial charge in [-0.1, -0.05) is 0 Å². The summed E-state index contributed by atoms with van der Waals surface area (Å²) in [4.78, 5) is 23.3. The van der Waals surface area contributed by atoms with Gasteiger partial charge < -0.3 is 29.4 Å². The lowest BCUT2D eigenvalue weighted by Gasteiger charge is -2.13. The number of nitrogens with zero attached hydrogens (tertiary/aromatic N) is 1. The number of nitrogens with one attached hydrogen (secondary N) is 1. The van der Waals surface area contributed by atoms with Crippen LogP contribution in [0.3, 0.4) is 0 Å². The average Bonchev–Trinajstić information content (AvgIpc) is 2.79. The van der Waals surface area contributed by atoms with Gasteiger partial charge in [-0.2, -0.15) is 5.26 Å². The number of carboxylic acid groups (broad SMARTS) is 1. The van der Waals surface area contributed by atoms with Crippen LogP contribution in [0, 0.1) is 11.3 Å². The first-order valence-electron chi connectivity index (χ1n) is 9.16. The Kier molecular flexibility index (Phi) is 8.92. The molecule has 0 aliphatic heterocycles. The summed E-state index contributed by atoms with van der Waals surface area (Å²) in [5.74, 6) is -0.122. The number of rotatable bonds is 10. The first-order valence-corrected chi connectivity index (χ1v) is 9.95. The molecule has 1 amide bonds. The van der Waals surface area contributed by atoms with Crippen LogP contribution >= 0.6 is 15.9 Å². The monoisotopic (exact) mass is 504 g/mol. The number of nitriles is 1. The van der Waals surface area contributed by atoms with Crippen LogP contribution in [0.5, 0.6) is 23.0 Å². The Balaban J connectivity index is 2.22. The molecule has 0 atom stereocenters. The van der Waals surface area contributed by atoms with Gasteiger partial charge in [-0.05, 0) is 51.8 Å². The first kappa shape index (κ1) is 24.6. The van der Waals surface area contributed by atoms with Crippen molar-refractivity contribution in [2.24, 2.45) is 0 Å². The Bertz CT molecular complexity index is 1080. The van der Waals surface area contributed by atoms with Gasteiger partial charge in [-0.3, -0.25) is 4.79 Å². The topological polar surface area (TPSA) is 127 Å². The van der Waals surface area contributed by atoms with E-state index < -0.39 is 18.5 Å². The highest BCUT2D eigenvalue weighted by Gasteiger charge is 2.15. The second-order valence-corrected chi connectivity index (χ2v) is 7.10. The van der Waals surface area contributed by atoms with E-state index in [1.165, 1.54) is 26.4 Å². The predicted octanol–water partition coefficient (Wildman–Crippen LogP) is 3.16. The number of carboxylic acids is 1. The van der Waals surface area contributed by atoms with E-state index in [1.807, 2.05) is 6.07 Å². The summed E-state index contributed by atoms with van der Waals surface area (Å²) in [7, 11) is 4.44. The van der Waals surface area contributed by atoms with Crippen molar-refractivity contribution in [2.45, 2.75) is 6.54 Å². The van der Waals surface area contributed by atoms with Crippen molar-refractivity contribution >= 4 is 33.9 Å². The number of carbonyl (C=O) groups excluding carboxylic acids is 1. The molecule has 0 bridgehead atoms. The summed E-state index contributed by atoms with van der Waals surface area (Å²) in [5.41, 5.74) is 1.05. The van der Waals surface area contributed by atoms with Crippen molar-refractivity contribution in [1.82, 2.24) is 5.32 Å². The zero-order valence-electron chi connectivity index (χ0n) is 17.6. The van der Waals surface area contributed by atoms with Gasteiger partial charge in [0, 0.05) is 18.2 Å². The molecular weight excluding hydrogens is 484 g/mol. The molecule has 0 spiro atoms. The molecule has 32 heavy (non-hydrogen) atoms. The fourth-order valence-corrected chi connectivity index (χ4v) is 3.26. The summed E-state index contributed by atoms with van der Waals surface area (Å²) in [6, 6.07) is 10.2. The van der Waals surface area contributed by atoms with Gasteiger partial charge in [0.2, 0.25) is 0 Å². The number of halogens is 1. The molecule has 9 nitrogen and oxygen atoms in total. The van der Waals surface area contributed by atoms with E-state index in [-0.39, 0.29) is 23.6 Å². The Labute approximate surface area is 193 Å². The smallest absolute Gasteiger partial charge is 0.341 e. The van der Waals surface area contributed by atoms with E-state index in [1.54, 1.807) is 31.4 Å². The van der Waals surface area contributed by atoms with Gasteiger partial charge in [-0.15, -0.1) is 0 Å². The number of hydrogen-bond acceptors (Lipinski definition) is 7. The molecule has 0 unspecified atom stereocenters. The molecule has 0 fully saturated rings. The highest BCUT2D eigenvalue weighted by molar-refractivity contribution is 9.10. The Morgan fingerprint density at radius 2 is 1.84 bits per heavy atom. The van der Waals surface area contributed by atoms with Gasteiger partial charge in [0.25, 0.3) is 5.91 Å². The summed E-state index contributed by atoms with van der Waals surface area (Å²) in [6.45, 7) is -0.412. The van der Waals surface area contributed by atoms with Gasteiger partial charge >= 0.3 is 5.97 Å². The lowest BCUT2D eigenvalue weighted by Crippen LogP contribution is -2.24. The molecule has 2 N–H and O–H groups in total. The molecule has 0 radical (unpaired) electrons. The summed E-state index contributed by atoms with van der Waals surface area (Å²) in [5, 5.41) is 21.0. The second kappa shape index (κ2) is 11.6. The highest BCUT2D eigenvalue weighted by atomic mass is 79.9. The van der Waals surface area contributed by atoms with Crippen molar-refractivity contribution < 1.29 is 33.6 Å². The van der Waals surface area contributed by atoms with E-state index in [9.17, 15) is 14.9 Å². The molecular formula is C22H21BrN2O7. The van der Waals surface area contributed by atoms with E-state index in [4.69, 9.17) is 24.1 Å². The molecule has 0 saturated carbocycles. The molecule has 0 aliphatic rings. The van der Waals surface area contributed by atoms with Crippen molar-refractivity contribution in [2.75, 3.05) is 27.9 Å². The van der Waals surface area contributed by atoms with Gasteiger partial charge in [-0.25, -0.2) is 4.79 Å². The van der Waals surface area contributed by atoms with Crippen LogP contribution in [-0.4, -0.2) is 44.9 Å². The van der Waals surface area contributed by atoms with Gasteiger partial charge in [0.15, 0.2) is 18.1 Å². The van der Waals surface area contributed by atoms with Crippen LogP contribution in [0.4, 0.5) is 0 Å². The van der Waals surface area contributed by atoms with Crippen LogP contribution in [0.1, 0.15) is 11.1 Å². The van der Waals surface area contributed by atoms with Crippen LogP contribution in [-0.2, 0) is 16.1 Å². The van der Waals surface area contributed by atoms with Gasteiger partial charge in [0.1, 0.15) is 23.1 Å². The highest BCUT2D eigenvalue weighted by Crippen LogP contribution is 2.37. The molecule has 168 valence electrons. The lowest BCUT2D eigenvalue weighted by molar-refractivity contribution is -0.139. The molecule has 10 heteroatoms.